The summed E-state index contributed by atoms with van der Waals surface area (Å²) in [6, 6.07) is 12.1. The highest BCUT2D eigenvalue weighted by Crippen LogP contribution is 2.37. The van der Waals surface area contributed by atoms with Crippen LogP contribution in [0, 0.1) is 6.92 Å². The third-order valence-corrected chi connectivity index (χ3v) is 7.73. The van der Waals surface area contributed by atoms with Gasteiger partial charge in [0.2, 0.25) is 5.91 Å². The molecule has 3 aromatic carbocycles. The summed E-state index contributed by atoms with van der Waals surface area (Å²) in [5, 5.41) is 3.11. The molecule has 9 nitrogen and oxygen atoms in total. The highest BCUT2D eigenvalue weighted by Gasteiger charge is 2.31. The number of nitrogens with one attached hydrogen (secondary N) is 1. The van der Waals surface area contributed by atoms with E-state index < -0.39 is 22.5 Å². The van der Waals surface area contributed by atoms with Gasteiger partial charge in [-0.3, -0.25) is 9.10 Å². The van der Waals surface area contributed by atoms with Crippen LogP contribution in [0.5, 0.6) is 23.0 Å². The lowest BCUT2D eigenvalue weighted by Crippen LogP contribution is -2.38. The second-order valence-corrected chi connectivity index (χ2v) is 10.4. The van der Waals surface area contributed by atoms with Gasteiger partial charge in [0.1, 0.15) is 34.4 Å². The smallest absolute Gasteiger partial charge is 0.268 e. The molecule has 198 valence electrons. The molecule has 12 heteroatoms. The molecule has 0 atom stereocenters. The van der Waals surface area contributed by atoms with Crippen LogP contribution < -0.4 is 28.6 Å². The zero-order valence-electron chi connectivity index (χ0n) is 20.8. The van der Waals surface area contributed by atoms with E-state index in [0.717, 1.165) is 4.31 Å². The third-order valence-electron chi connectivity index (χ3n) is 5.35. The number of methoxy groups -OCH3 is 4. The maximum absolute atomic E-state index is 13.9. The van der Waals surface area contributed by atoms with Gasteiger partial charge in [-0.05, 0) is 42.8 Å². The largest absolute Gasteiger partial charge is 0.495 e. The van der Waals surface area contributed by atoms with Gasteiger partial charge in [0.15, 0.2) is 0 Å². The van der Waals surface area contributed by atoms with Crippen LogP contribution in [0.3, 0.4) is 0 Å². The number of carbonyl (C=O) groups is 1. The normalized spacial score (nSPS) is 11.0. The summed E-state index contributed by atoms with van der Waals surface area (Å²) in [6.45, 7) is 1.15. The topological polar surface area (TPSA) is 103 Å². The molecule has 0 aliphatic heterocycles. The van der Waals surface area contributed by atoms with Gasteiger partial charge in [-0.15, -0.1) is 0 Å². The fourth-order valence-electron chi connectivity index (χ4n) is 3.51. The van der Waals surface area contributed by atoms with Crippen LogP contribution in [0.25, 0.3) is 0 Å². The summed E-state index contributed by atoms with van der Waals surface area (Å²) in [5.74, 6) is 0.373. The molecule has 0 saturated heterocycles. The Morgan fingerprint density at radius 3 is 2.00 bits per heavy atom. The van der Waals surface area contributed by atoms with E-state index in [2.05, 4.69) is 5.32 Å². The van der Waals surface area contributed by atoms with Crippen LogP contribution in [-0.4, -0.2) is 49.3 Å². The van der Waals surface area contributed by atoms with E-state index in [9.17, 15) is 13.2 Å². The van der Waals surface area contributed by atoms with Crippen molar-refractivity contribution in [3.8, 4) is 23.0 Å². The van der Waals surface area contributed by atoms with E-state index in [-0.39, 0.29) is 37.8 Å². The Hall–Kier alpha value is -3.34. The first kappa shape index (κ1) is 28.2. The SMILES string of the molecule is COc1ccc(N(CC(=O)Nc2cc(OC)c(Cl)cc2OC)S(=O)(=O)c2cc(C)ccc2OC)cc1Cl. The van der Waals surface area contributed by atoms with E-state index in [1.165, 1.54) is 64.8 Å². The molecule has 37 heavy (non-hydrogen) atoms. The average molecular weight is 569 g/mol. The van der Waals surface area contributed by atoms with Crippen molar-refractivity contribution < 1.29 is 32.2 Å². The van der Waals surface area contributed by atoms with E-state index in [1.807, 2.05) is 0 Å². The number of amides is 1. The van der Waals surface area contributed by atoms with Gasteiger partial charge in [-0.2, -0.15) is 0 Å². The van der Waals surface area contributed by atoms with E-state index in [1.54, 1.807) is 19.1 Å². The second-order valence-electron chi connectivity index (χ2n) is 7.72. The van der Waals surface area contributed by atoms with Gasteiger partial charge < -0.3 is 24.3 Å². The molecule has 3 aromatic rings. The quantitative estimate of drug-likeness (QED) is 0.359. The van der Waals surface area contributed by atoms with Crippen molar-refractivity contribution in [1.29, 1.82) is 0 Å². The molecule has 0 aliphatic carbocycles. The van der Waals surface area contributed by atoms with Gasteiger partial charge >= 0.3 is 0 Å². The van der Waals surface area contributed by atoms with Crippen LogP contribution in [0.4, 0.5) is 11.4 Å². The number of hydrogen-bond acceptors (Lipinski definition) is 7. The number of hydrogen-bond donors (Lipinski definition) is 1. The number of carbonyl (C=O) groups excluding carboxylic acids is 1. The summed E-state index contributed by atoms with van der Waals surface area (Å²) in [7, 11) is 1.34. The Labute approximate surface area is 225 Å². The summed E-state index contributed by atoms with van der Waals surface area (Å²) in [5.41, 5.74) is 1.08. The molecule has 0 radical (unpaired) electrons. The Morgan fingerprint density at radius 2 is 1.41 bits per heavy atom. The van der Waals surface area contributed by atoms with Crippen molar-refractivity contribution in [3.63, 3.8) is 0 Å². The lowest BCUT2D eigenvalue weighted by molar-refractivity contribution is -0.114. The van der Waals surface area contributed by atoms with E-state index in [4.69, 9.17) is 42.1 Å². The van der Waals surface area contributed by atoms with Gasteiger partial charge in [-0.25, -0.2) is 8.42 Å². The number of rotatable bonds is 10. The van der Waals surface area contributed by atoms with Crippen molar-refractivity contribution >= 4 is 50.5 Å². The van der Waals surface area contributed by atoms with Gasteiger partial charge in [0, 0.05) is 12.1 Å². The fraction of sp³-hybridized carbons (Fsp3) is 0.240. The van der Waals surface area contributed by atoms with E-state index in [0.29, 0.717) is 17.1 Å². The number of aryl methyl sites for hydroxylation is 1. The highest BCUT2D eigenvalue weighted by molar-refractivity contribution is 7.93. The summed E-state index contributed by atoms with van der Waals surface area (Å²) in [6.07, 6.45) is 0. The molecule has 0 aliphatic rings. The first-order valence-corrected chi connectivity index (χ1v) is 13.0. The van der Waals surface area contributed by atoms with Gasteiger partial charge in [-0.1, -0.05) is 29.3 Å². The molecule has 3 rings (SSSR count). The Balaban J connectivity index is 2.08. The van der Waals surface area contributed by atoms with Crippen molar-refractivity contribution in [2.75, 3.05) is 44.6 Å². The maximum Gasteiger partial charge on any atom is 0.268 e. The molecule has 0 bridgehead atoms. The second kappa shape index (κ2) is 11.8. The summed E-state index contributed by atoms with van der Waals surface area (Å²) < 4.78 is 49.8. The zero-order valence-corrected chi connectivity index (χ0v) is 23.1. The molecule has 0 unspecified atom stereocenters. The average Bonchev–Trinajstić information content (AvgIpc) is 2.87. The van der Waals surface area contributed by atoms with Gasteiger partial charge in [0.05, 0.1) is 49.9 Å². The van der Waals surface area contributed by atoms with Crippen LogP contribution in [-0.2, 0) is 14.8 Å². The minimum atomic E-state index is -4.31. The predicted molar refractivity (Wildman–Crippen MR) is 143 cm³/mol. The third kappa shape index (κ3) is 6.15. The molecule has 0 aromatic heterocycles. The molecule has 0 saturated carbocycles. The molecule has 1 amide bonds. The standard InChI is InChI=1S/C25H26Cl2N2O7S/c1-15-6-8-21(34-3)24(10-15)37(31,32)29(16-7-9-20(33-2)17(26)11-16)14-25(30)28-19-13-22(35-4)18(27)12-23(19)36-5/h6-13H,14H2,1-5H3,(H,28,30). The van der Waals surface area contributed by atoms with Crippen molar-refractivity contribution in [3.05, 3.63) is 64.1 Å². The van der Waals surface area contributed by atoms with Crippen molar-refractivity contribution in [1.82, 2.24) is 0 Å². The number of halogens is 2. The monoisotopic (exact) mass is 568 g/mol. The van der Waals surface area contributed by atoms with Crippen molar-refractivity contribution in [2.45, 2.75) is 11.8 Å². The number of sulfonamides is 1. The summed E-state index contributed by atoms with van der Waals surface area (Å²) in [4.78, 5) is 13.1. The minimum absolute atomic E-state index is 0.111. The number of benzene rings is 3. The predicted octanol–water partition coefficient (Wildman–Crippen LogP) is 5.17. The maximum atomic E-state index is 13.9. The Morgan fingerprint density at radius 1 is 0.811 bits per heavy atom. The zero-order chi connectivity index (χ0) is 27.3. The Kier molecular flexibility index (Phi) is 9.01. The number of ether oxygens (including phenoxy) is 4. The molecular formula is C25H26Cl2N2O7S. The first-order chi connectivity index (χ1) is 17.5. The first-order valence-electron chi connectivity index (χ1n) is 10.8. The van der Waals surface area contributed by atoms with Gasteiger partial charge in [0.25, 0.3) is 10.0 Å². The summed E-state index contributed by atoms with van der Waals surface area (Å²) >= 11 is 12.4. The van der Waals surface area contributed by atoms with E-state index >= 15 is 0 Å². The molecule has 0 fully saturated rings. The molecular weight excluding hydrogens is 543 g/mol. The lowest BCUT2D eigenvalue weighted by atomic mass is 10.2. The number of nitrogens with zero attached hydrogens (tertiary/aromatic N) is 1. The molecule has 0 heterocycles. The van der Waals surface area contributed by atoms with Crippen LogP contribution in [0.15, 0.2) is 53.4 Å². The van der Waals surface area contributed by atoms with Crippen LogP contribution in [0.1, 0.15) is 5.56 Å². The lowest BCUT2D eigenvalue weighted by Gasteiger charge is -2.26. The molecule has 1 N–H and O–H groups in total. The van der Waals surface area contributed by atoms with Crippen LogP contribution >= 0.6 is 23.2 Å². The minimum Gasteiger partial charge on any atom is -0.495 e. The fourth-order valence-corrected chi connectivity index (χ4v) is 5.65. The molecule has 0 spiro atoms. The number of anilines is 2. The van der Waals surface area contributed by atoms with Crippen molar-refractivity contribution in [2.24, 2.45) is 0 Å². The highest BCUT2D eigenvalue weighted by atomic mass is 35.5. The Bertz CT molecular complexity index is 1410. The van der Waals surface area contributed by atoms with Crippen LogP contribution in [0.2, 0.25) is 10.0 Å².